The van der Waals surface area contributed by atoms with E-state index < -0.39 is 39.9 Å². The van der Waals surface area contributed by atoms with Crippen LogP contribution in [0.25, 0.3) is 44.6 Å². The van der Waals surface area contributed by atoms with Gasteiger partial charge in [-0.05, 0) is 72.1 Å². The van der Waals surface area contributed by atoms with Gasteiger partial charge in [0.2, 0.25) is 5.71 Å². The summed E-state index contributed by atoms with van der Waals surface area (Å²) in [6.45, 7) is 10.7. The Morgan fingerprint density at radius 1 is 0.894 bits per heavy atom. The first-order valence-corrected chi connectivity index (χ1v) is 18.9. The second-order valence-electron chi connectivity index (χ2n) is 13.7. The summed E-state index contributed by atoms with van der Waals surface area (Å²) >= 11 is 0. The molecule has 1 radical (unpaired) electrons. The molecule has 6 aromatic rings. The van der Waals surface area contributed by atoms with Gasteiger partial charge in [-0.3, -0.25) is 0 Å². The number of aromatic nitrogens is 3. The average molecular weight is 828 g/mol. The fourth-order valence-corrected chi connectivity index (χ4v) is 6.50. The van der Waals surface area contributed by atoms with Gasteiger partial charge in [-0.1, -0.05) is 88.5 Å². The summed E-state index contributed by atoms with van der Waals surface area (Å²) < 4.78 is 86.9. The van der Waals surface area contributed by atoms with E-state index in [1.165, 1.54) is 18.3 Å². The molecule has 0 saturated carbocycles. The predicted molar refractivity (Wildman–Crippen MR) is 196 cm³/mol. The molecule has 2 aromatic carbocycles. The van der Waals surface area contributed by atoms with Gasteiger partial charge in [-0.15, -0.1) is 54.1 Å². The van der Waals surface area contributed by atoms with Crippen LogP contribution in [0.15, 0.2) is 77.5 Å². The molecule has 4 aromatic heterocycles. The molecule has 0 bridgehead atoms. The zero-order chi connectivity index (χ0) is 41.8. The molecule has 0 aliphatic rings. The Balaban J connectivity index is 0.000000272. The Morgan fingerprint density at radius 2 is 1.66 bits per heavy atom. The number of pyridine rings is 3. The normalized spacial score (nSPS) is 16.1. The van der Waals surface area contributed by atoms with Crippen molar-refractivity contribution in [3.63, 3.8) is 0 Å². The van der Waals surface area contributed by atoms with Crippen LogP contribution in [0.1, 0.15) is 70.7 Å². The van der Waals surface area contributed by atoms with E-state index in [0.29, 0.717) is 21.9 Å². The number of hydrogen-bond acceptors (Lipinski definition) is 4. The number of hydrogen-bond donors (Lipinski definition) is 0. The second-order valence-corrected chi connectivity index (χ2v) is 18.7. The number of aryl methyl sites for hydroxylation is 2. The van der Waals surface area contributed by atoms with Crippen molar-refractivity contribution in [2.75, 3.05) is 0 Å². The summed E-state index contributed by atoms with van der Waals surface area (Å²) in [5.74, 6) is -0.0856. The van der Waals surface area contributed by atoms with Gasteiger partial charge in [-0.2, -0.15) is 0 Å². The van der Waals surface area contributed by atoms with E-state index in [0.717, 1.165) is 22.0 Å². The summed E-state index contributed by atoms with van der Waals surface area (Å²) in [6, 6.07) is 23.8. The van der Waals surface area contributed by atoms with E-state index in [9.17, 15) is 0 Å². The van der Waals surface area contributed by atoms with Gasteiger partial charge >= 0.3 is 0 Å². The van der Waals surface area contributed by atoms with Crippen LogP contribution >= 0.6 is 0 Å². The smallest absolute Gasteiger partial charge is 0.216 e. The number of fused-ring (bicyclic) bond motifs is 3. The topological polar surface area (TPSA) is 51.8 Å². The van der Waals surface area contributed by atoms with Crippen molar-refractivity contribution >= 4 is 35.3 Å². The molecular formula is C41H47IrN3OSi-2. The van der Waals surface area contributed by atoms with E-state index in [1.807, 2.05) is 50.4 Å². The van der Waals surface area contributed by atoms with Crippen molar-refractivity contribution < 1.29 is 38.2 Å². The van der Waals surface area contributed by atoms with Crippen molar-refractivity contribution in [1.82, 2.24) is 15.0 Å². The van der Waals surface area contributed by atoms with E-state index >= 15 is 0 Å². The van der Waals surface area contributed by atoms with Crippen molar-refractivity contribution in [3.8, 4) is 22.5 Å². The quantitative estimate of drug-likeness (QED) is 0.124. The van der Waals surface area contributed by atoms with Gasteiger partial charge in [0.05, 0.1) is 13.7 Å². The molecule has 247 valence electrons. The van der Waals surface area contributed by atoms with Crippen LogP contribution in [0.3, 0.4) is 0 Å². The van der Waals surface area contributed by atoms with Gasteiger partial charge in [0.15, 0.2) is 0 Å². The van der Waals surface area contributed by atoms with Crippen LogP contribution in [0.2, 0.25) is 19.6 Å². The number of furan rings is 1. The van der Waals surface area contributed by atoms with Crippen LogP contribution in [0.4, 0.5) is 0 Å². The molecule has 0 aliphatic carbocycles. The van der Waals surface area contributed by atoms with Gasteiger partial charge in [0, 0.05) is 57.3 Å². The molecule has 4 heterocycles. The molecule has 0 unspecified atom stereocenters. The third-order valence-corrected chi connectivity index (χ3v) is 9.12. The minimum absolute atomic E-state index is 0. The Kier molecular flexibility index (Phi) is 7.75. The zero-order valence-electron chi connectivity index (χ0n) is 38.1. The summed E-state index contributed by atoms with van der Waals surface area (Å²) in [5.41, 5.74) is 2.56. The molecule has 0 atom stereocenters. The molecule has 0 N–H and O–H groups in total. The second kappa shape index (κ2) is 14.8. The van der Waals surface area contributed by atoms with Gasteiger partial charge < -0.3 is 14.4 Å². The van der Waals surface area contributed by atoms with Crippen molar-refractivity contribution in [2.24, 2.45) is 11.3 Å². The van der Waals surface area contributed by atoms with E-state index in [-0.39, 0.29) is 54.3 Å². The molecule has 6 heteroatoms. The Labute approximate surface area is 309 Å². The van der Waals surface area contributed by atoms with Crippen LogP contribution < -0.4 is 5.19 Å². The molecule has 47 heavy (non-hydrogen) atoms. The fraction of sp³-hybridized carbons (Fsp3) is 0.341. The zero-order valence-corrected chi connectivity index (χ0v) is 31.5. The van der Waals surface area contributed by atoms with Crippen LogP contribution in [0, 0.1) is 37.2 Å². The predicted octanol–water partition coefficient (Wildman–Crippen LogP) is 10.3. The van der Waals surface area contributed by atoms with Crippen molar-refractivity contribution in [3.05, 3.63) is 108 Å². The third-order valence-electron chi connectivity index (χ3n) is 7.11. The van der Waals surface area contributed by atoms with Crippen LogP contribution in [-0.4, -0.2) is 23.0 Å². The van der Waals surface area contributed by atoms with E-state index in [1.54, 1.807) is 39.0 Å². The minimum Gasteiger partial charge on any atom is -0.486 e. The molecule has 0 spiro atoms. The van der Waals surface area contributed by atoms with Gasteiger partial charge in [0.1, 0.15) is 0 Å². The van der Waals surface area contributed by atoms with Crippen LogP contribution in [0.5, 0.6) is 0 Å². The van der Waals surface area contributed by atoms with Gasteiger partial charge in [-0.25, -0.2) is 4.98 Å². The summed E-state index contributed by atoms with van der Waals surface area (Å²) in [4.78, 5) is 13.1. The maximum Gasteiger partial charge on any atom is 0.216 e. The summed E-state index contributed by atoms with van der Waals surface area (Å²) in [7, 11) is -1.67. The SMILES string of the molecule is [2H]C([2H])([2H])c1ccc2c(n1)oc1c(-c3cc(C([2H])([2H])C(C)(C)C)c(C([2H])([2H])[2H])cn3)[c-]ccc12.[2H]C([2H])(c1cc(-c2[c-]cccc2)ncc1[Si](C)(C)C)C(C)C.[Ir]. The van der Waals surface area contributed by atoms with Crippen LogP contribution in [-0.2, 0) is 32.9 Å². The molecule has 0 aliphatic heterocycles. The molecule has 4 nitrogen and oxygen atoms in total. The fourth-order valence-electron chi connectivity index (χ4n) is 5.10. The molecule has 0 saturated heterocycles. The number of rotatable bonds is 6. The maximum atomic E-state index is 8.72. The molecule has 0 fully saturated rings. The van der Waals surface area contributed by atoms with E-state index in [4.69, 9.17) is 18.1 Å². The standard InChI is InChI=1S/C23H23N2O.C18H24NSi.Ir/c1-14-13-24-20(11-16(14)12-23(3,4)5)19-8-6-7-17-18-10-9-15(2)25-22(18)26-21(17)19;1-14(2)11-16-12-17(15-9-7-6-8-10-15)19-13-18(16)20(3,4)5;/h6-7,9-11,13H,12H2,1-5H3;6-9,12-14H,11H2,1-5H3;/q2*-1;/i1D3,2D3,12D2;11D2;. The Morgan fingerprint density at radius 3 is 2.32 bits per heavy atom. The molecule has 0 amide bonds. The number of benzene rings is 2. The van der Waals surface area contributed by atoms with E-state index in [2.05, 4.69) is 46.7 Å². The minimum atomic E-state index is -2.55. The Bertz CT molecular complexity index is 2360. The van der Waals surface area contributed by atoms with Gasteiger partial charge in [0.25, 0.3) is 0 Å². The first-order valence-electron chi connectivity index (χ1n) is 20.4. The summed E-state index contributed by atoms with van der Waals surface area (Å²) in [5, 5.41) is 2.38. The first kappa shape index (κ1) is 24.7. The number of nitrogens with zero attached hydrogens (tertiary/aromatic N) is 3. The third kappa shape index (κ3) is 8.93. The Hall–Kier alpha value is -3.44. The maximum absolute atomic E-state index is 8.72. The monoisotopic (exact) mass is 828 g/mol. The average Bonchev–Trinajstić information content (AvgIpc) is 3.48. The largest absolute Gasteiger partial charge is 0.486 e. The van der Waals surface area contributed by atoms with Crippen molar-refractivity contribution in [1.29, 1.82) is 0 Å². The van der Waals surface area contributed by atoms with Crippen molar-refractivity contribution in [2.45, 2.75) is 80.7 Å². The first-order chi connectivity index (χ1) is 25.7. The molecule has 6 rings (SSSR count). The molecular weight excluding hydrogens is 771 g/mol. The summed E-state index contributed by atoms with van der Waals surface area (Å²) in [6.07, 6.45) is -0.270.